The fourth-order valence-electron chi connectivity index (χ4n) is 3.76. The van der Waals surface area contributed by atoms with E-state index in [2.05, 4.69) is 32.6 Å². The van der Waals surface area contributed by atoms with E-state index >= 15 is 0 Å². The lowest BCUT2D eigenvalue weighted by Gasteiger charge is -2.36. The number of piperidine rings is 1. The topological polar surface area (TPSA) is 95.8 Å². The zero-order valence-electron chi connectivity index (χ0n) is 17.4. The molecular weight excluding hydrogens is 427 g/mol. The molecule has 0 spiro atoms. The van der Waals surface area contributed by atoms with E-state index in [1.54, 1.807) is 6.20 Å². The molecule has 4 rings (SSSR count). The van der Waals surface area contributed by atoms with Crippen LogP contribution in [0.3, 0.4) is 0 Å². The van der Waals surface area contributed by atoms with Crippen LogP contribution in [0.25, 0.3) is 0 Å². The third-order valence-corrected chi connectivity index (χ3v) is 5.35. The van der Waals surface area contributed by atoms with Crippen molar-refractivity contribution in [1.29, 1.82) is 0 Å². The fourth-order valence-corrected chi connectivity index (χ4v) is 3.76. The minimum atomic E-state index is -2.52. The fraction of sp³-hybridized carbons (Fsp3) is 0.450. The van der Waals surface area contributed by atoms with Gasteiger partial charge in [0, 0.05) is 18.9 Å². The summed E-state index contributed by atoms with van der Waals surface area (Å²) >= 11 is 0. The number of fused-ring (bicyclic) bond motifs is 1. The number of halogens is 3. The predicted octanol–water partition coefficient (Wildman–Crippen LogP) is 1.71. The summed E-state index contributed by atoms with van der Waals surface area (Å²) in [6.45, 7) is 5.22. The molecule has 0 aromatic carbocycles. The highest BCUT2D eigenvalue weighted by atomic mass is 19.3. The van der Waals surface area contributed by atoms with Gasteiger partial charge in [-0.25, -0.2) is 18.2 Å². The van der Waals surface area contributed by atoms with Gasteiger partial charge in [-0.15, -0.1) is 0 Å². The van der Waals surface area contributed by atoms with E-state index in [4.69, 9.17) is 4.74 Å². The van der Waals surface area contributed by atoms with Crippen molar-refractivity contribution in [3.8, 4) is 0 Å². The quantitative estimate of drug-likeness (QED) is 0.570. The van der Waals surface area contributed by atoms with Gasteiger partial charge in [-0.1, -0.05) is 6.58 Å². The van der Waals surface area contributed by atoms with Gasteiger partial charge < -0.3 is 20.3 Å². The van der Waals surface area contributed by atoms with Crippen molar-refractivity contribution in [2.75, 3.05) is 18.4 Å². The number of ether oxygens (including phenoxy) is 1. The van der Waals surface area contributed by atoms with E-state index in [1.807, 2.05) is 6.92 Å². The van der Waals surface area contributed by atoms with Gasteiger partial charge >= 0.3 is 0 Å². The normalized spacial score (nSPS) is 24.9. The SMILES string of the molecule is C=CC(=O)N1CC[C@@H](F)[C@@H](OC2=C3C(C)=CNC3N=C(Nc3cnn(CC(F)F)c3)N2)C1. The maximum absolute atomic E-state index is 14.6. The first-order chi connectivity index (χ1) is 15.3. The molecule has 1 aromatic rings. The Morgan fingerprint density at radius 2 is 2.31 bits per heavy atom. The molecule has 1 fully saturated rings. The molecule has 0 saturated carbocycles. The van der Waals surface area contributed by atoms with Gasteiger partial charge in [-0.2, -0.15) is 5.10 Å². The Labute approximate surface area is 182 Å². The molecule has 3 N–H and O–H groups in total. The Hall–Kier alpha value is -3.44. The molecule has 0 radical (unpaired) electrons. The van der Waals surface area contributed by atoms with Crippen molar-refractivity contribution in [2.24, 2.45) is 4.99 Å². The average Bonchev–Trinajstić information content (AvgIpc) is 3.34. The number of alkyl halides is 3. The summed E-state index contributed by atoms with van der Waals surface area (Å²) in [5, 5.41) is 13.0. The predicted molar refractivity (Wildman–Crippen MR) is 111 cm³/mol. The summed E-state index contributed by atoms with van der Waals surface area (Å²) in [6.07, 6.45) is 0.857. The lowest BCUT2D eigenvalue weighted by atomic mass is 10.1. The summed E-state index contributed by atoms with van der Waals surface area (Å²) in [7, 11) is 0. The van der Waals surface area contributed by atoms with Crippen molar-refractivity contribution in [1.82, 2.24) is 25.3 Å². The van der Waals surface area contributed by atoms with Crippen LogP contribution in [0.4, 0.5) is 18.9 Å². The Morgan fingerprint density at radius 3 is 3.06 bits per heavy atom. The number of guanidine groups is 1. The van der Waals surface area contributed by atoms with Gasteiger partial charge in [0.15, 0.2) is 6.17 Å². The summed E-state index contributed by atoms with van der Waals surface area (Å²) in [4.78, 5) is 18.0. The highest BCUT2D eigenvalue weighted by Crippen LogP contribution is 2.29. The summed E-state index contributed by atoms with van der Waals surface area (Å²) in [6, 6.07) is 0. The van der Waals surface area contributed by atoms with E-state index in [0.29, 0.717) is 18.1 Å². The number of anilines is 1. The highest BCUT2D eigenvalue weighted by Gasteiger charge is 2.36. The minimum Gasteiger partial charge on any atom is -0.470 e. The number of hydrogen-bond donors (Lipinski definition) is 3. The van der Waals surface area contributed by atoms with Crippen LogP contribution < -0.4 is 16.0 Å². The summed E-state index contributed by atoms with van der Waals surface area (Å²) in [5.41, 5.74) is 2.05. The number of amides is 1. The van der Waals surface area contributed by atoms with E-state index in [-0.39, 0.29) is 24.8 Å². The monoisotopic (exact) mass is 451 g/mol. The van der Waals surface area contributed by atoms with Crippen LogP contribution in [0.5, 0.6) is 0 Å². The van der Waals surface area contributed by atoms with Gasteiger partial charge in [0.25, 0.3) is 6.43 Å². The third kappa shape index (κ3) is 4.58. The summed E-state index contributed by atoms with van der Waals surface area (Å²) < 4.78 is 46.9. The maximum Gasteiger partial charge on any atom is 0.257 e. The molecule has 1 aromatic heterocycles. The molecule has 32 heavy (non-hydrogen) atoms. The summed E-state index contributed by atoms with van der Waals surface area (Å²) in [5.74, 6) is 0.318. The molecule has 12 heteroatoms. The molecule has 3 aliphatic heterocycles. The van der Waals surface area contributed by atoms with Crippen molar-refractivity contribution in [2.45, 2.75) is 44.8 Å². The third-order valence-electron chi connectivity index (χ3n) is 5.35. The van der Waals surface area contributed by atoms with Crippen LogP contribution in [0, 0.1) is 0 Å². The number of likely N-dealkylation sites (tertiary alicyclic amines) is 1. The second-order valence-corrected chi connectivity index (χ2v) is 7.66. The molecule has 1 unspecified atom stereocenters. The average molecular weight is 451 g/mol. The number of rotatable bonds is 6. The number of aromatic nitrogens is 2. The lowest BCUT2D eigenvalue weighted by molar-refractivity contribution is -0.131. The molecular formula is C20H24F3N7O2. The first-order valence-electron chi connectivity index (χ1n) is 10.2. The molecule has 1 amide bonds. The van der Waals surface area contributed by atoms with Crippen LogP contribution >= 0.6 is 0 Å². The molecule has 4 heterocycles. The van der Waals surface area contributed by atoms with Gasteiger partial charge in [0.1, 0.15) is 18.8 Å². The van der Waals surface area contributed by atoms with Crippen LogP contribution in [0.15, 0.2) is 53.3 Å². The number of carbonyl (C=O) groups is 1. The standard InChI is InChI=1S/C20H24F3N7O2/c1-3-16(31)29-5-4-13(21)14(9-29)32-19-17-11(2)6-24-18(17)27-20(28-19)26-12-7-25-30(8-12)10-15(22)23/h3,6-8,13-15,18,24H,1,4-5,9-10H2,2H3,(H2,26,27,28)/t13-,14+,18?/m1/s1. The highest BCUT2D eigenvalue weighted by molar-refractivity contribution is 5.95. The van der Waals surface area contributed by atoms with Gasteiger partial charge in [0.2, 0.25) is 17.7 Å². The minimum absolute atomic E-state index is 0.0889. The maximum atomic E-state index is 14.6. The molecule has 3 aliphatic rings. The number of nitrogens with one attached hydrogen (secondary N) is 3. The van der Waals surface area contributed by atoms with Crippen LogP contribution in [-0.2, 0) is 16.1 Å². The zero-order chi connectivity index (χ0) is 22.8. The van der Waals surface area contributed by atoms with Gasteiger partial charge in [-0.05, 0) is 25.0 Å². The molecule has 3 atom stereocenters. The Balaban J connectivity index is 1.50. The number of aliphatic imine (C=N–C) groups is 1. The molecule has 172 valence electrons. The van der Waals surface area contributed by atoms with E-state index < -0.39 is 31.4 Å². The molecule has 9 nitrogen and oxygen atoms in total. The van der Waals surface area contributed by atoms with Crippen molar-refractivity contribution in [3.63, 3.8) is 0 Å². The van der Waals surface area contributed by atoms with Crippen molar-refractivity contribution < 1.29 is 22.7 Å². The second kappa shape index (κ2) is 8.97. The molecule has 0 aliphatic carbocycles. The van der Waals surface area contributed by atoms with Crippen LogP contribution in [0.1, 0.15) is 13.3 Å². The Kier molecular flexibility index (Phi) is 6.10. The molecule has 1 saturated heterocycles. The Bertz CT molecular complexity index is 988. The Morgan fingerprint density at radius 1 is 1.50 bits per heavy atom. The van der Waals surface area contributed by atoms with E-state index in [1.165, 1.54) is 23.4 Å². The van der Waals surface area contributed by atoms with Gasteiger partial charge in [-0.3, -0.25) is 14.8 Å². The zero-order valence-corrected chi connectivity index (χ0v) is 17.4. The molecule has 0 bridgehead atoms. The van der Waals surface area contributed by atoms with E-state index in [0.717, 1.165) is 15.8 Å². The van der Waals surface area contributed by atoms with Crippen molar-refractivity contribution in [3.05, 3.63) is 48.3 Å². The van der Waals surface area contributed by atoms with Crippen LogP contribution in [0.2, 0.25) is 0 Å². The first kappa shape index (κ1) is 21.8. The number of nitrogens with zero attached hydrogens (tertiary/aromatic N) is 4. The van der Waals surface area contributed by atoms with Crippen LogP contribution in [-0.4, -0.2) is 64.5 Å². The first-order valence-corrected chi connectivity index (χ1v) is 10.2. The van der Waals surface area contributed by atoms with E-state index in [9.17, 15) is 18.0 Å². The van der Waals surface area contributed by atoms with Gasteiger partial charge in [0.05, 0.1) is 24.0 Å². The van der Waals surface area contributed by atoms with Crippen molar-refractivity contribution >= 4 is 17.6 Å². The second-order valence-electron chi connectivity index (χ2n) is 7.66. The lowest BCUT2D eigenvalue weighted by Crippen LogP contribution is -2.50. The largest absolute Gasteiger partial charge is 0.470 e. The number of hydrogen-bond acceptors (Lipinski definition) is 7. The number of carbonyl (C=O) groups excluding carboxylic acids is 1. The smallest absolute Gasteiger partial charge is 0.257 e.